The van der Waals surface area contributed by atoms with Gasteiger partial charge >= 0.3 is 0 Å². The van der Waals surface area contributed by atoms with Crippen molar-refractivity contribution in [3.63, 3.8) is 0 Å². The second kappa shape index (κ2) is 6.25. The van der Waals surface area contributed by atoms with Crippen molar-refractivity contribution in [3.05, 3.63) is 35.4 Å². The molecule has 0 aliphatic heterocycles. The van der Waals surface area contributed by atoms with Gasteiger partial charge in [-0.25, -0.2) is 0 Å². The minimum atomic E-state index is -0.368. The molecule has 1 aliphatic rings. The minimum Gasteiger partial charge on any atom is -0.354 e. The predicted octanol–water partition coefficient (Wildman–Crippen LogP) is 1.52. The van der Waals surface area contributed by atoms with Crippen LogP contribution in [-0.2, 0) is 11.2 Å². The summed E-state index contributed by atoms with van der Waals surface area (Å²) in [6, 6.07) is 8.04. The van der Waals surface area contributed by atoms with Gasteiger partial charge in [-0.2, -0.15) is 11.8 Å². The van der Waals surface area contributed by atoms with Crippen LogP contribution in [0.3, 0.4) is 0 Å². The van der Waals surface area contributed by atoms with Crippen LogP contribution in [0.5, 0.6) is 0 Å². The van der Waals surface area contributed by atoms with Gasteiger partial charge in [0.05, 0.1) is 6.04 Å². The van der Waals surface area contributed by atoms with E-state index in [2.05, 4.69) is 29.6 Å². The monoisotopic (exact) mass is 264 g/mol. The summed E-state index contributed by atoms with van der Waals surface area (Å²) in [7, 11) is 0. The van der Waals surface area contributed by atoms with Gasteiger partial charge in [0.1, 0.15) is 0 Å². The number of nitrogens with one attached hydrogen (secondary N) is 1. The van der Waals surface area contributed by atoms with Crippen LogP contribution in [0.4, 0.5) is 0 Å². The maximum absolute atomic E-state index is 11.8. The summed E-state index contributed by atoms with van der Waals surface area (Å²) in [6.07, 6.45) is 3.83. The van der Waals surface area contributed by atoms with Crippen LogP contribution in [0, 0.1) is 0 Å². The van der Waals surface area contributed by atoms with Gasteiger partial charge in [-0.3, -0.25) is 4.79 Å². The van der Waals surface area contributed by atoms with E-state index in [-0.39, 0.29) is 11.9 Å². The highest BCUT2D eigenvalue weighted by Crippen LogP contribution is 2.33. The smallest absolute Gasteiger partial charge is 0.236 e. The zero-order valence-electron chi connectivity index (χ0n) is 10.7. The van der Waals surface area contributed by atoms with Crippen LogP contribution in [0.1, 0.15) is 23.5 Å². The quantitative estimate of drug-likeness (QED) is 0.819. The maximum atomic E-state index is 11.8. The third-order valence-electron chi connectivity index (χ3n) is 3.45. The number of fused-ring (bicyclic) bond motifs is 1. The third kappa shape index (κ3) is 3.06. The lowest BCUT2D eigenvalue weighted by molar-refractivity contribution is -0.122. The Hall–Kier alpha value is -1.00. The summed E-state index contributed by atoms with van der Waals surface area (Å²) in [5.41, 5.74) is 8.60. The molecule has 1 amide bonds. The van der Waals surface area contributed by atoms with E-state index in [0.717, 1.165) is 18.6 Å². The molecule has 0 heterocycles. The normalized spacial score (nSPS) is 18.7. The number of nitrogens with two attached hydrogens (primary N) is 1. The van der Waals surface area contributed by atoms with Gasteiger partial charge in [-0.15, -0.1) is 0 Å². The van der Waals surface area contributed by atoms with Gasteiger partial charge in [-0.1, -0.05) is 24.3 Å². The largest absolute Gasteiger partial charge is 0.354 e. The van der Waals surface area contributed by atoms with Gasteiger partial charge < -0.3 is 11.1 Å². The lowest BCUT2D eigenvalue weighted by Crippen LogP contribution is -2.43. The molecule has 2 rings (SSSR count). The number of thioether (sulfide) groups is 1. The van der Waals surface area contributed by atoms with Crippen molar-refractivity contribution in [2.45, 2.75) is 24.8 Å². The van der Waals surface area contributed by atoms with Crippen LogP contribution in [-0.4, -0.2) is 30.5 Å². The Morgan fingerprint density at radius 2 is 2.33 bits per heavy atom. The highest BCUT2D eigenvalue weighted by Gasteiger charge is 2.26. The summed E-state index contributed by atoms with van der Waals surface area (Å²) < 4.78 is 0. The Balaban J connectivity index is 1.75. The Kier molecular flexibility index (Phi) is 4.66. The van der Waals surface area contributed by atoms with E-state index in [1.807, 2.05) is 6.26 Å². The molecule has 0 radical (unpaired) electrons. The Morgan fingerprint density at radius 1 is 1.56 bits per heavy atom. The average molecular weight is 264 g/mol. The van der Waals surface area contributed by atoms with Crippen molar-refractivity contribution in [1.29, 1.82) is 0 Å². The van der Waals surface area contributed by atoms with Gasteiger partial charge in [-0.05, 0) is 36.0 Å². The maximum Gasteiger partial charge on any atom is 0.236 e. The molecule has 0 fully saturated rings. The third-order valence-corrected chi connectivity index (χ3v) is 4.10. The molecule has 0 saturated heterocycles. The minimum absolute atomic E-state index is 0.0200. The predicted molar refractivity (Wildman–Crippen MR) is 76.9 cm³/mol. The number of carbonyl (C=O) groups excluding carboxylic acids is 1. The number of amides is 1. The van der Waals surface area contributed by atoms with Crippen molar-refractivity contribution in [3.8, 4) is 0 Å². The average Bonchev–Trinajstić information content (AvgIpc) is 2.36. The second-order valence-corrected chi connectivity index (χ2v) is 5.72. The van der Waals surface area contributed by atoms with E-state index in [4.69, 9.17) is 5.73 Å². The number of hydrogen-bond donors (Lipinski definition) is 2. The lowest BCUT2D eigenvalue weighted by Gasteiger charge is -2.30. The summed E-state index contributed by atoms with van der Waals surface area (Å²) in [5, 5.41) is 2.96. The first kappa shape index (κ1) is 13.4. The van der Waals surface area contributed by atoms with E-state index < -0.39 is 0 Å². The van der Waals surface area contributed by atoms with Crippen LogP contribution < -0.4 is 11.1 Å². The fraction of sp³-hybridized carbons (Fsp3) is 0.500. The summed E-state index contributed by atoms with van der Waals surface area (Å²) >= 11 is 1.72. The first-order valence-corrected chi connectivity index (χ1v) is 7.71. The highest BCUT2D eigenvalue weighted by atomic mass is 32.2. The topological polar surface area (TPSA) is 55.1 Å². The Morgan fingerprint density at radius 3 is 3.06 bits per heavy atom. The lowest BCUT2D eigenvalue weighted by atomic mass is 9.77. The van der Waals surface area contributed by atoms with E-state index in [1.54, 1.807) is 11.8 Å². The molecule has 98 valence electrons. The number of benzene rings is 1. The van der Waals surface area contributed by atoms with Gasteiger partial charge in [0.25, 0.3) is 0 Å². The SMILES string of the molecule is CSCC[C@@H](N)C(=O)NCC1Cc2ccccc21. The highest BCUT2D eigenvalue weighted by molar-refractivity contribution is 7.98. The molecule has 3 nitrogen and oxygen atoms in total. The Bertz CT molecular complexity index is 422. The zero-order valence-corrected chi connectivity index (χ0v) is 11.5. The summed E-state index contributed by atoms with van der Waals surface area (Å²) in [5.74, 6) is 1.38. The first-order valence-electron chi connectivity index (χ1n) is 6.32. The molecule has 3 N–H and O–H groups in total. The number of rotatable bonds is 6. The van der Waals surface area contributed by atoms with Gasteiger partial charge in [0.15, 0.2) is 0 Å². The number of hydrogen-bond acceptors (Lipinski definition) is 3. The molecule has 0 saturated carbocycles. The number of carbonyl (C=O) groups is 1. The zero-order chi connectivity index (χ0) is 13.0. The second-order valence-electron chi connectivity index (χ2n) is 4.73. The molecule has 2 atom stereocenters. The molecular weight excluding hydrogens is 244 g/mol. The molecule has 1 aliphatic carbocycles. The van der Waals surface area contributed by atoms with Crippen molar-refractivity contribution < 1.29 is 4.79 Å². The molecule has 0 bridgehead atoms. The summed E-state index contributed by atoms with van der Waals surface area (Å²) in [4.78, 5) is 11.8. The molecule has 0 aromatic heterocycles. The molecule has 1 aromatic carbocycles. The van der Waals surface area contributed by atoms with Gasteiger partial charge in [0, 0.05) is 12.5 Å². The standard InChI is InChI=1S/C14H20N2OS/c1-18-7-6-13(15)14(17)16-9-11-8-10-4-2-3-5-12(10)11/h2-5,11,13H,6-9,15H2,1H3,(H,16,17)/t11?,13-/m1/s1. The van der Waals surface area contributed by atoms with E-state index in [9.17, 15) is 4.79 Å². The van der Waals surface area contributed by atoms with E-state index >= 15 is 0 Å². The molecule has 4 heteroatoms. The Labute approximate surface area is 113 Å². The van der Waals surface area contributed by atoms with Crippen molar-refractivity contribution in [2.24, 2.45) is 5.73 Å². The molecule has 1 aromatic rings. The van der Waals surface area contributed by atoms with E-state index in [0.29, 0.717) is 12.5 Å². The molecular formula is C14H20N2OS. The van der Waals surface area contributed by atoms with Crippen molar-refractivity contribution in [2.75, 3.05) is 18.6 Å². The summed E-state index contributed by atoms with van der Waals surface area (Å²) in [6.45, 7) is 0.711. The van der Waals surface area contributed by atoms with Crippen LogP contribution >= 0.6 is 11.8 Å². The van der Waals surface area contributed by atoms with Crippen molar-refractivity contribution in [1.82, 2.24) is 5.32 Å². The van der Waals surface area contributed by atoms with Crippen LogP contribution in [0.15, 0.2) is 24.3 Å². The van der Waals surface area contributed by atoms with E-state index in [1.165, 1.54) is 11.1 Å². The molecule has 1 unspecified atom stereocenters. The van der Waals surface area contributed by atoms with Crippen LogP contribution in [0.2, 0.25) is 0 Å². The fourth-order valence-corrected chi connectivity index (χ4v) is 2.77. The first-order chi connectivity index (χ1) is 8.72. The van der Waals surface area contributed by atoms with Crippen molar-refractivity contribution >= 4 is 17.7 Å². The molecule has 0 spiro atoms. The molecule has 18 heavy (non-hydrogen) atoms. The van der Waals surface area contributed by atoms with Crippen LogP contribution in [0.25, 0.3) is 0 Å². The van der Waals surface area contributed by atoms with Gasteiger partial charge in [0.2, 0.25) is 5.91 Å². The fourth-order valence-electron chi connectivity index (χ4n) is 2.28.